The molecule has 0 radical (unpaired) electrons. The molecule has 2 nitrogen and oxygen atoms in total. The molecule has 1 N–H and O–H groups in total. The zero-order chi connectivity index (χ0) is 8.39. The first-order chi connectivity index (χ1) is 5.86. The SMILES string of the molecule is FC1CCCN(C2CCNC2)C1. The Morgan fingerprint density at radius 1 is 1.33 bits per heavy atom. The van der Waals surface area contributed by atoms with Crippen molar-refractivity contribution in [3.8, 4) is 0 Å². The van der Waals surface area contributed by atoms with Crippen LogP contribution >= 0.6 is 0 Å². The summed E-state index contributed by atoms with van der Waals surface area (Å²) in [5.41, 5.74) is 0. The summed E-state index contributed by atoms with van der Waals surface area (Å²) >= 11 is 0. The van der Waals surface area contributed by atoms with Gasteiger partial charge in [-0.05, 0) is 32.4 Å². The van der Waals surface area contributed by atoms with E-state index in [4.69, 9.17) is 0 Å². The third kappa shape index (κ3) is 1.77. The molecule has 12 heavy (non-hydrogen) atoms. The van der Waals surface area contributed by atoms with E-state index in [1.54, 1.807) is 0 Å². The lowest BCUT2D eigenvalue weighted by atomic mass is 10.1. The number of rotatable bonds is 1. The average Bonchev–Trinajstić information content (AvgIpc) is 2.56. The highest BCUT2D eigenvalue weighted by Crippen LogP contribution is 2.18. The fourth-order valence-corrected chi connectivity index (χ4v) is 2.24. The van der Waals surface area contributed by atoms with Crippen molar-refractivity contribution in [3.05, 3.63) is 0 Å². The van der Waals surface area contributed by atoms with Crippen molar-refractivity contribution in [2.75, 3.05) is 26.2 Å². The highest BCUT2D eigenvalue weighted by molar-refractivity contribution is 4.84. The van der Waals surface area contributed by atoms with E-state index in [0.29, 0.717) is 12.6 Å². The third-order valence-corrected chi connectivity index (χ3v) is 2.95. The summed E-state index contributed by atoms with van der Waals surface area (Å²) < 4.78 is 13.0. The largest absolute Gasteiger partial charge is 0.315 e. The molecule has 2 unspecified atom stereocenters. The first-order valence-corrected chi connectivity index (χ1v) is 4.95. The Kier molecular flexibility index (Phi) is 2.61. The minimum absolute atomic E-state index is 0.570. The Labute approximate surface area is 73.1 Å². The Morgan fingerprint density at radius 3 is 2.92 bits per heavy atom. The monoisotopic (exact) mass is 172 g/mol. The van der Waals surface area contributed by atoms with E-state index in [0.717, 1.165) is 32.5 Å². The summed E-state index contributed by atoms with van der Waals surface area (Å²) in [5, 5.41) is 3.32. The fraction of sp³-hybridized carbons (Fsp3) is 1.00. The number of nitrogens with one attached hydrogen (secondary N) is 1. The maximum absolute atomic E-state index is 13.0. The van der Waals surface area contributed by atoms with Gasteiger partial charge in [-0.1, -0.05) is 0 Å². The van der Waals surface area contributed by atoms with E-state index in [1.165, 1.54) is 6.42 Å². The number of piperidine rings is 1. The summed E-state index contributed by atoms with van der Waals surface area (Å²) in [7, 11) is 0. The van der Waals surface area contributed by atoms with Crippen molar-refractivity contribution < 1.29 is 4.39 Å². The molecule has 2 fully saturated rings. The Morgan fingerprint density at radius 2 is 2.25 bits per heavy atom. The van der Waals surface area contributed by atoms with Crippen LogP contribution in [0.25, 0.3) is 0 Å². The van der Waals surface area contributed by atoms with Crippen LogP contribution in [0.4, 0.5) is 4.39 Å². The Hall–Kier alpha value is -0.150. The first-order valence-electron chi connectivity index (χ1n) is 4.95. The maximum Gasteiger partial charge on any atom is 0.113 e. The summed E-state index contributed by atoms with van der Waals surface area (Å²) in [6.07, 6.45) is 2.44. The smallest absolute Gasteiger partial charge is 0.113 e. The second-order valence-electron chi connectivity index (χ2n) is 3.88. The second-order valence-corrected chi connectivity index (χ2v) is 3.88. The molecule has 2 atom stereocenters. The van der Waals surface area contributed by atoms with Crippen LogP contribution in [-0.4, -0.2) is 43.3 Å². The highest BCUT2D eigenvalue weighted by atomic mass is 19.1. The lowest BCUT2D eigenvalue weighted by Crippen LogP contribution is -2.44. The molecule has 2 aliphatic heterocycles. The predicted molar refractivity (Wildman–Crippen MR) is 47.0 cm³/mol. The number of nitrogens with zero attached hydrogens (tertiary/aromatic N) is 1. The lowest BCUT2D eigenvalue weighted by Gasteiger charge is -2.33. The van der Waals surface area contributed by atoms with Crippen LogP contribution in [0.15, 0.2) is 0 Å². The van der Waals surface area contributed by atoms with Crippen LogP contribution in [-0.2, 0) is 0 Å². The van der Waals surface area contributed by atoms with Gasteiger partial charge in [0.2, 0.25) is 0 Å². The molecular weight excluding hydrogens is 155 g/mol. The van der Waals surface area contributed by atoms with Crippen molar-refractivity contribution >= 4 is 0 Å². The van der Waals surface area contributed by atoms with Gasteiger partial charge < -0.3 is 5.32 Å². The van der Waals surface area contributed by atoms with Crippen LogP contribution in [0, 0.1) is 0 Å². The van der Waals surface area contributed by atoms with E-state index in [2.05, 4.69) is 10.2 Å². The van der Waals surface area contributed by atoms with Gasteiger partial charge in [-0.25, -0.2) is 4.39 Å². The number of halogens is 1. The quantitative estimate of drug-likeness (QED) is 0.629. The molecule has 0 aliphatic carbocycles. The third-order valence-electron chi connectivity index (χ3n) is 2.95. The van der Waals surface area contributed by atoms with Crippen molar-refractivity contribution in [2.45, 2.75) is 31.5 Å². The number of hydrogen-bond acceptors (Lipinski definition) is 2. The molecule has 2 aliphatic rings. The minimum atomic E-state index is -0.570. The molecular formula is C9H17FN2. The number of hydrogen-bond donors (Lipinski definition) is 1. The van der Waals surface area contributed by atoms with E-state index in [1.807, 2.05) is 0 Å². The fourth-order valence-electron chi connectivity index (χ4n) is 2.24. The van der Waals surface area contributed by atoms with Gasteiger partial charge in [-0.3, -0.25) is 4.90 Å². The molecule has 0 saturated carbocycles. The molecule has 0 aromatic rings. The van der Waals surface area contributed by atoms with Crippen LogP contribution in [0.3, 0.4) is 0 Å². The summed E-state index contributed by atoms with van der Waals surface area (Å²) in [5.74, 6) is 0. The normalized spacial score (nSPS) is 38.8. The van der Waals surface area contributed by atoms with Crippen LogP contribution in [0.1, 0.15) is 19.3 Å². The number of likely N-dealkylation sites (tertiary alicyclic amines) is 1. The Balaban J connectivity index is 1.85. The molecule has 3 heteroatoms. The van der Waals surface area contributed by atoms with E-state index in [9.17, 15) is 4.39 Å². The van der Waals surface area contributed by atoms with Crippen molar-refractivity contribution in [1.82, 2.24) is 10.2 Å². The van der Waals surface area contributed by atoms with Gasteiger partial charge in [0.05, 0.1) is 0 Å². The molecule has 70 valence electrons. The molecule has 0 amide bonds. The first kappa shape index (κ1) is 8.45. The predicted octanol–water partition coefficient (Wildman–Crippen LogP) is 0.782. The lowest BCUT2D eigenvalue weighted by molar-refractivity contribution is 0.106. The standard InChI is InChI=1S/C9H17FN2/c10-8-2-1-5-12(7-8)9-3-4-11-6-9/h8-9,11H,1-7H2. The molecule has 0 aromatic carbocycles. The highest BCUT2D eigenvalue weighted by Gasteiger charge is 2.27. The molecule has 2 saturated heterocycles. The van der Waals surface area contributed by atoms with Crippen LogP contribution < -0.4 is 5.32 Å². The van der Waals surface area contributed by atoms with Gasteiger partial charge >= 0.3 is 0 Å². The van der Waals surface area contributed by atoms with Gasteiger partial charge in [-0.2, -0.15) is 0 Å². The molecule has 0 spiro atoms. The van der Waals surface area contributed by atoms with Gasteiger partial charge in [0, 0.05) is 19.1 Å². The summed E-state index contributed by atoms with van der Waals surface area (Å²) in [6, 6.07) is 0.614. The average molecular weight is 172 g/mol. The van der Waals surface area contributed by atoms with Crippen LogP contribution in [0.5, 0.6) is 0 Å². The molecule has 0 aromatic heterocycles. The van der Waals surface area contributed by atoms with Gasteiger partial charge in [0.1, 0.15) is 6.17 Å². The van der Waals surface area contributed by atoms with Crippen molar-refractivity contribution in [1.29, 1.82) is 0 Å². The molecule has 2 rings (SSSR count). The van der Waals surface area contributed by atoms with E-state index < -0.39 is 6.17 Å². The van der Waals surface area contributed by atoms with Gasteiger partial charge in [-0.15, -0.1) is 0 Å². The summed E-state index contributed by atoms with van der Waals surface area (Å²) in [4.78, 5) is 2.31. The number of alkyl halides is 1. The van der Waals surface area contributed by atoms with Gasteiger partial charge in [0.25, 0.3) is 0 Å². The van der Waals surface area contributed by atoms with Gasteiger partial charge in [0.15, 0.2) is 0 Å². The molecule has 2 heterocycles. The molecule has 0 bridgehead atoms. The Bertz CT molecular complexity index is 145. The summed E-state index contributed by atoms with van der Waals surface area (Å²) in [6.45, 7) is 3.95. The van der Waals surface area contributed by atoms with Crippen LogP contribution in [0.2, 0.25) is 0 Å². The van der Waals surface area contributed by atoms with Crippen molar-refractivity contribution in [2.24, 2.45) is 0 Å². The minimum Gasteiger partial charge on any atom is -0.315 e. The van der Waals surface area contributed by atoms with Crippen molar-refractivity contribution in [3.63, 3.8) is 0 Å². The van der Waals surface area contributed by atoms with E-state index >= 15 is 0 Å². The topological polar surface area (TPSA) is 15.3 Å². The van der Waals surface area contributed by atoms with E-state index in [-0.39, 0.29) is 0 Å². The zero-order valence-electron chi connectivity index (χ0n) is 7.43. The second kappa shape index (κ2) is 3.71. The maximum atomic E-state index is 13.0. The zero-order valence-corrected chi connectivity index (χ0v) is 7.43.